The summed E-state index contributed by atoms with van der Waals surface area (Å²) in [4.78, 5) is 17.9. The Bertz CT molecular complexity index is 839. The maximum absolute atomic E-state index is 11.5. The number of halogens is 1. The average molecular weight is 328 g/mol. The van der Waals surface area contributed by atoms with Crippen molar-refractivity contribution in [1.29, 1.82) is 0 Å². The molecule has 0 aliphatic heterocycles. The first kappa shape index (κ1) is 15.6. The van der Waals surface area contributed by atoms with Gasteiger partial charge in [-0.1, -0.05) is 35.9 Å². The van der Waals surface area contributed by atoms with E-state index in [1.54, 1.807) is 18.9 Å². The minimum absolute atomic E-state index is 0.0232. The molecule has 4 nitrogen and oxygen atoms in total. The summed E-state index contributed by atoms with van der Waals surface area (Å²) in [6.07, 6.45) is 0. The van der Waals surface area contributed by atoms with Gasteiger partial charge in [0.25, 0.3) is 0 Å². The molecule has 0 aliphatic rings. The first-order valence-electron chi connectivity index (χ1n) is 7.45. The van der Waals surface area contributed by atoms with Crippen LogP contribution in [-0.2, 0) is 17.9 Å². The van der Waals surface area contributed by atoms with Gasteiger partial charge in [-0.25, -0.2) is 4.98 Å². The van der Waals surface area contributed by atoms with Crippen LogP contribution in [0.25, 0.3) is 11.0 Å². The minimum Gasteiger partial charge on any atom is -0.339 e. The van der Waals surface area contributed by atoms with Crippen molar-refractivity contribution in [2.45, 2.75) is 20.0 Å². The van der Waals surface area contributed by atoms with Gasteiger partial charge >= 0.3 is 0 Å². The largest absolute Gasteiger partial charge is 0.339 e. The number of rotatable bonds is 4. The standard InChI is InChI=1S/C18H18ClN3O/c1-13(23)21(2)12-18-20-16-5-3-4-6-17(16)22(18)11-14-7-9-15(19)10-8-14/h3-10H,11-12H2,1-2H3. The number of nitrogens with zero attached hydrogens (tertiary/aromatic N) is 3. The summed E-state index contributed by atoms with van der Waals surface area (Å²) >= 11 is 5.96. The molecule has 1 amide bonds. The lowest BCUT2D eigenvalue weighted by atomic mass is 10.2. The van der Waals surface area contributed by atoms with Gasteiger partial charge in [-0.2, -0.15) is 0 Å². The fourth-order valence-electron chi connectivity index (χ4n) is 2.52. The summed E-state index contributed by atoms with van der Waals surface area (Å²) in [6.45, 7) is 2.74. The first-order chi connectivity index (χ1) is 11.0. The number of benzene rings is 2. The van der Waals surface area contributed by atoms with Crippen molar-refractivity contribution in [1.82, 2.24) is 14.5 Å². The van der Waals surface area contributed by atoms with Crippen LogP contribution >= 0.6 is 11.6 Å². The van der Waals surface area contributed by atoms with Crippen LogP contribution < -0.4 is 0 Å². The molecule has 0 saturated carbocycles. The predicted molar refractivity (Wildman–Crippen MR) is 92.4 cm³/mol. The van der Waals surface area contributed by atoms with Crippen LogP contribution in [0.1, 0.15) is 18.3 Å². The third-order valence-electron chi connectivity index (χ3n) is 3.90. The lowest BCUT2D eigenvalue weighted by Crippen LogP contribution is -2.25. The molecule has 0 bridgehead atoms. The van der Waals surface area contributed by atoms with Gasteiger partial charge in [0.05, 0.1) is 17.6 Å². The fraction of sp³-hybridized carbons (Fsp3) is 0.222. The van der Waals surface area contributed by atoms with E-state index >= 15 is 0 Å². The zero-order valence-corrected chi connectivity index (χ0v) is 13.9. The van der Waals surface area contributed by atoms with E-state index in [2.05, 4.69) is 10.6 Å². The van der Waals surface area contributed by atoms with E-state index < -0.39 is 0 Å². The highest BCUT2D eigenvalue weighted by Gasteiger charge is 2.14. The van der Waals surface area contributed by atoms with Crippen LogP contribution in [0.3, 0.4) is 0 Å². The fourth-order valence-corrected chi connectivity index (χ4v) is 2.64. The maximum Gasteiger partial charge on any atom is 0.219 e. The lowest BCUT2D eigenvalue weighted by Gasteiger charge is -2.16. The van der Waals surface area contributed by atoms with Crippen molar-refractivity contribution < 1.29 is 4.79 Å². The van der Waals surface area contributed by atoms with Crippen molar-refractivity contribution in [2.24, 2.45) is 0 Å². The van der Waals surface area contributed by atoms with E-state index in [1.807, 2.05) is 42.5 Å². The van der Waals surface area contributed by atoms with Gasteiger partial charge in [-0.3, -0.25) is 4.79 Å². The number of aromatic nitrogens is 2. The zero-order chi connectivity index (χ0) is 16.4. The molecule has 0 spiro atoms. The number of hydrogen-bond donors (Lipinski definition) is 0. The molecule has 118 valence electrons. The summed E-state index contributed by atoms with van der Waals surface area (Å²) in [5.74, 6) is 0.897. The van der Waals surface area contributed by atoms with Crippen molar-refractivity contribution in [2.75, 3.05) is 7.05 Å². The molecular weight excluding hydrogens is 310 g/mol. The summed E-state index contributed by atoms with van der Waals surface area (Å²) in [7, 11) is 1.79. The van der Waals surface area contributed by atoms with Gasteiger partial charge in [-0.15, -0.1) is 0 Å². The molecule has 3 aromatic rings. The van der Waals surface area contributed by atoms with E-state index in [9.17, 15) is 4.79 Å². The maximum atomic E-state index is 11.5. The van der Waals surface area contributed by atoms with Crippen LogP contribution in [0.4, 0.5) is 0 Å². The van der Waals surface area contributed by atoms with E-state index in [4.69, 9.17) is 16.6 Å². The summed E-state index contributed by atoms with van der Waals surface area (Å²) in [6, 6.07) is 15.8. The first-order valence-corrected chi connectivity index (χ1v) is 7.82. The lowest BCUT2D eigenvalue weighted by molar-refractivity contribution is -0.128. The summed E-state index contributed by atoms with van der Waals surface area (Å²) in [5.41, 5.74) is 3.15. The quantitative estimate of drug-likeness (QED) is 0.732. The predicted octanol–water partition coefficient (Wildman–Crippen LogP) is 3.72. The Morgan fingerprint density at radius 1 is 1.17 bits per heavy atom. The molecule has 1 heterocycles. The molecule has 0 N–H and O–H groups in total. The Morgan fingerprint density at radius 2 is 1.87 bits per heavy atom. The van der Waals surface area contributed by atoms with E-state index in [0.717, 1.165) is 27.4 Å². The minimum atomic E-state index is 0.0232. The SMILES string of the molecule is CC(=O)N(C)Cc1nc2ccccc2n1Cc1ccc(Cl)cc1. The highest BCUT2D eigenvalue weighted by atomic mass is 35.5. The van der Waals surface area contributed by atoms with Gasteiger partial charge in [0.2, 0.25) is 5.91 Å². The number of imidazole rings is 1. The highest BCUT2D eigenvalue weighted by molar-refractivity contribution is 6.30. The number of carbonyl (C=O) groups excluding carboxylic acids is 1. The highest BCUT2D eigenvalue weighted by Crippen LogP contribution is 2.20. The molecule has 0 unspecified atom stereocenters. The van der Waals surface area contributed by atoms with Crippen molar-refractivity contribution in [3.63, 3.8) is 0 Å². The van der Waals surface area contributed by atoms with Gasteiger partial charge < -0.3 is 9.47 Å². The van der Waals surface area contributed by atoms with Crippen LogP contribution in [0.2, 0.25) is 5.02 Å². The Labute approximate surface area is 140 Å². The molecule has 0 radical (unpaired) electrons. The molecule has 0 atom stereocenters. The molecule has 3 rings (SSSR count). The third kappa shape index (κ3) is 3.37. The second-order valence-corrected chi connectivity index (χ2v) is 6.04. The summed E-state index contributed by atoms with van der Waals surface area (Å²) < 4.78 is 2.15. The monoisotopic (exact) mass is 327 g/mol. The van der Waals surface area contributed by atoms with E-state index in [0.29, 0.717) is 13.1 Å². The second kappa shape index (κ2) is 6.42. The van der Waals surface area contributed by atoms with Gasteiger partial charge in [0.1, 0.15) is 5.82 Å². The number of fused-ring (bicyclic) bond motifs is 1. The number of amides is 1. The zero-order valence-electron chi connectivity index (χ0n) is 13.2. The molecular formula is C18H18ClN3O. The molecule has 2 aromatic carbocycles. The Hall–Kier alpha value is -2.33. The second-order valence-electron chi connectivity index (χ2n) is 5.60. The van der Waals surface area contributed by atoms with Crippen molar-refractivity contribution in [3.8, 4) is 0 Å². The molecule has 0 fully saturated rings. The van der Waals surface area contributed by atoms with Gasteiger partial charge in [0.15, 0.2) is 0 Å². The molecule has 0 saturated heterocycles. The number of carbonyl (C=O) groups is 1. The topological polar surface area (TPSA) is 38.1 Å². The number of para-hydroxylation sites is 2. The normalized spacial score (nSPS) is 10.9. The Balaban J connectivity index is 2.01. The Kier molecular flexibility index (Phi) is 4.35. The third-order valence-corrected chi connectivity index (χ3v) is 4.16. The molecule has 5 heteroatoms. The van der Waals surface area contributed by atoms with Crippen LogP contribution in [-0.4, -0.2) is 27.4 Å². The average Bonchev–Trinajstić information content (AvgIpc) is 2.87. The van der Waals surface area contributed by atoms with Crippen molar-refractivity contribution >= 4 is 28.5 Å². The van der Waals surface area contributed by atoms with Crippen molar-refractivity contribution in [3.05, 3.63) is 64.9 Å². The number of hydrogen-bond acceptors (Lipinski definition) is 2. The summed E-state index contributed by atoms with van der Waals surface area (Å²) in [5, 5.41) is 0.723. The van der Waals surface area contributed by atoms with E-state index in [1.165, 1.54) is 0 Å². The molecule has 0 aliphatic carbocycles. The Morgan fingerprint density at radius 3 is 2.57 bits per heavy atom. The van der Waals surface area contributed by atoms with Gasteiger partial charge in [0, 0.05) is 25.5 Å². The molecule has 23 heavy (non-hydrogen) atoms. The van der Waals surface area contributed by atoms with Crippen LogP contribution in [0.5, 0.6) is 0 Å². The van der Waals surface area contributed by atoms with Crippen LogP contribution in [0.15, 0.2) is 48.5 Å². The molecule has 1 aromatic heterocycles. The smallest absolute Gasteiger partial charge is 0.219 e. The van der Waals surface area contributed by atoms with E-state index in [-0.39, 0.29) is 5.91 Å². The van der Waals surface area contributed by atoms with Crippen LogP contribution in [0, 0.1) is 0 Å². The van der Waals surface area contributed by atoms with Gasteiger partial charge in [-0.05, 0) is 29.8 Å².